The van der Waals surface area contributed by atoms with Crippen molar-refractivity contribution in [3.05, 3.63) is 36.5 Å². The van der Waals surface area contributed by atoms with Crippen molar-refractivity contribution in [1.29, 1.82) is 0 Å². The van der Waals surface area contributed by atoms with Crippen molar-refractivity contribution < 1.29 is 24.5 Å². The highest BCUT2D eigenvalue weighted by atomic mass is 16.5. The summed E-state index contributed by atoms with van der Waals surface area (Å²) in [5, 5.41) is 23.2. The smallest absolute Gasteiger partial charge is 0.305 e. The molecule has 0 aromatic rings. The Morgan fingerprint density at radius 1 is 0.389 bits per heavy atom. The van der Waals surface area contributed by atoms with Crippen LogP contribution < -0.4 is 5.32 Å². The molecule has 6 heteroatoms. The van der Waals surface area contributed by atoms with Crippen LogP contribution in [0.15, 0.2) is 36.5 Å². The molecule has 2 unspecified atom stereocenters. The molecule has 0 heterocycles. The number of ether oxygens (including phenoxy) is 1. The molecule has 0 bridgehead atoms. The highest BCUT2D eigenvalue weighted by molar-refractivity contribution is 5.76. The van der Waals surface area contributed by atoms with E-state index in [1.165, 1.54) is 263 Å². The first-order valence-electron chi connectivity index (χ1n) is 32.2. The molecule has 0 radical (unpaired) electrons. The van der Waals surface area contributed by atoms with E-state index in [4.69, 9.17) is 4.74 Å². The molecule has 3 N–H and O–H groups in total. The van der Waals surface area contributed by atoms with Crippen LogP contribution in [0, 0.1) is 0 Å². The lowest BCUT2D eigenvalue weighted by Crippen LogP contribution is -2.45. The van der Waals surface area contributed by atoms with Crippen LogP contribution in [0.2, 0.25) is 0 Å². The maximum atomic E-state index is 12.4. The van der Waals surface area contributed by atoms with Crippen LogP contribution in [0.1, 0.15) is 348 Å². The third-order valence-electron chi connectivity index (χ3n) is 14.9. The van der Waals surface area contributed by atoms with Gasteiger partial charge in [0.05, 0.1) is 25.4 Å². The lowest BCUT2D eigenvalue weighted by atomic mass is 10.0. The van der Waals surface area contributed by atoms with Gasteiger partial charge in [0.1, 0.15) is 0 Å². The maximum absolute atomic E-state index is 12.4. The summed E-state index contributed by atoms with van der Waals surface area (Å²) in [6.07, 6.45) is 77.5. The van der Waals surface area contributed by atoms with Gasteiger partial charge in [-0.25, -0.2) is 0 Å². The lowest BCUT2D eigenvalue weighted by Gasteiger charge is -2.22. The van der Waals surface area contributed by atoms with Gasteiger partial charge in [-0.2, -0.15) is 0 Å². The van der Waals surface area contributed by atoms with Crippen LogP contribution in [0.5, 0.6) is 0 Å². The molecule has 0 aromatic carbocycles. The molecule has 0 aliphatic rings. The number of amides is 1. The highest BCUT2D eigenvalue weighted by Gasteiger charge is 2.20. The summed E-state index contributed by atoms with van der Waals surface area (Å²) < 4.78 is 5.48. The quantitative estimate of drug-likeness (QED) is 0.0320. The molecule has 6 nitrogen and oxygen atoms in total. The Hall–Kier alpha value is -1.92. The first-order valence-corrected chi connectivity index (χ1v) is 32.2. The summed E-state index contributed by atoms with van der Waals surface area (Å²) in [6.45, 7) is 4.92. The van der Waals surface area contributed by atoms with Crippen LogP contribution in [0.4, 0.5) is 0 Å². The van der Waals surface area contributed by atoms with Crippen molar-refractivity contribution in [1.82, 2.24) is 5.32 Å². The van der Waals surface area contributed by atoms with Crippen LogP contribution in [0.25, 0.3) is 0 Å². The Morgan fingerprint density at radius 2 is 0.694 bits per heavy atom. The van der Waals surface area contributed by atoms with Gasteiger partial charge in [0, 0.05) is 12.8 Å². The van der Waals surface area contributed by atoms with Crippen molar-refractivity contribution in [2.24, 2.45) is 0 Å². The standard InChI is InChI=1S/C66H125NO5/c1-3-5-7-9-11-13-15-16-33-37-40-44-48-52-56-60-66(71)72-61-57-53-49-45-41-38-35-32-30-28-26-24-22-20-18-17-19-21-23-25-27-29-31-34-36-39-43-47-51-55-59-65(70)67-63(62-68)64(69)58-54-50-46-42-14-12-10-8-6-4-2/h11,13,16,18,20,33,63-64,68-69H,3-10,12,14-15,17,19,21-32,34-62H2,1-2H3,(H,67,70)/b13-11-,20-18-,33-16-. The van der Waals surface area contributed by atoms with Gasteiger partial charge in [-0.3, -0.25) is 9.59 Å². The molecule has 0 aliphatic carbocycles. The number of carbonyl (C=O) groups is 2. The zero-order valence-electron chi connectivity index (χ0n) is 48.4. The summed E-state index contributed by atoms with van der Waals surface area (Å²) in [4.78, 5) is 24.5. The molecule has 0 aromatic heterocycles. The summed E-state index contributed by atoms with van der Waals surface area (Å²) >= 11 is 0. The molecule has 1 amide bonds. The first kappa shape index (κ1) is 70.1. The molecule has 0 spiro atoms. The van der Waals surface area contributed by atoms with E-state index >= 15 is 0 Å². The zero-order chi connectivity index (χ0) is 52.2. The van der Waals surface area contributed by atoms with E-state index < -0.39 is 12.1 Å². The van der Waals surface area contributed by atoms with E-state index in [1.54, 1.807) is 0 Å². The average molecular weight is 1010 g/mol. The Bertz CT molecular complexity index is 1170. The minimum Gasteiger partial charge on any atom is -0.466 e. The molecular formula is C66H125NO5. The number of unbranched alkanes of at least 4 members (excludes halogenated alkanes) is 43. The second kappa shape index (κ2) is 61.6. The second-order valence-corrected chi connectivity index (χ2v) is 22.1. The van der Waals surface area contributed by atoms with Crippen molar-refractivity contribution in [3.63, 3.8) is 0 Å². The number of aliphatic hydroxyl groups excluding tert-OH is 2. The fraction of sp³-hybridized carbons (Fsp3) is 0.879. The van der Waals surface area contributed by atoms with Gasteiger partial charge >= 0.3 is 5.97 Å². The van der Waals surface area contributed by atoms with E-state index in [9.17, 15) is 19.8 Å². The van der Waals surface area contributed by atoms with Gasteiger partial charge in [-0.05, 0) is 83.5 Å². The SMILES string of the molecule is CCCCC/C=C\C/C=C\CCCCCCCC(=O)OCCCCCCCCCCCCCC/C=C\CCCCCCCCCCCCCCCCC(=O)NC(CO)C(O)CCCCCCCCCCCC. The third kappa shape index (κ3) is 57.4. The van der Waals surface area contributed by atoms with Gasteiger partial charge in [0.2, 0.25) is 5.91 Å². The minimum atomic E-state index is -0.661. The molecule has 0 rings (SSSR count). The number of hydrogen-bond acceptors (Lipinski definition) is 5. The molecule has 0 saturated carbocycles. The van der Waals surface area contributed by atoms with Gasteiger partial charge in [0.15, 0.2) is 0 Å². The maximum Gasteiger partial charge on any atom is 0.305 e. The van der Waals surface area contributed by atoms with Crippen LogP contribution >= 0.6 is 0 Å². The normalized spacial score (nSPS) is 12.8. The number of aliphatic hydroxyl groups is 2. The molecule has 424 valence electrons. The molecular weight excluding hydrogens is 887 g/mol. The van der Waals surface area contributed by atoms with E-state index in [2.05, 4.69) is 55.6 Å². The van der Waals surface area contributed by atoms with E-state index in [1.807, 2.05) is 0 Å². The number of allylic oxidation sites excluding steroid dienone is 6. The summed E-state index contributed by atoms with van der Waals surface area (Å²) in [5.41, 5.74) is 0. The summed E-state index contributed by atoms with van der Waals surface area (Å²) in [6, 6.07) is -0.538. The van der Waals surface area contributed by atoms with Crippen molar-refractivity contribution in [2.75, 3.05) is 13.2 Å². The third-order valence-corrected chi connectivity index (χ3v) is 14.9. The zero-order valence-corrected chi connectivity index (χ0v) is 48.4. The minimum absolute atomic E-state index is 0.00302. The van der Waals surface area contributed by atoms with E-state index in [0.717, 1.165) is 51.4 Å². The fourth-order valence-corrected chi connectivity index (χ4v) is 9.96. The number of hydrogen-bond donors (Lipinski definition) is 3. The van der Waals surface area contributed by atoms with Gasteiger partial charge in [-0.1, -0.05) is 288 Å². The molecule has 0 aliphatic heterocycles. The van der Waals surface area contributed by atoms with Crippen LogP contribution in [-0.4, -0.2) is 47.4 Å². The summed E-state index contributed by atoms with van der Waals surface area (Å²) in [5.74, 6) is -0.0313. The molecule has 0 saturated heterocycles. The Kier molecular flexibility index (Phi) is 60.0. The predicted molar refractivity (Wildman–Crippen MR) is 315 cm³/mol. The van der Waals surface area contributed by atoms with Crippen molar-refractivity contribution in [3.8, 4) is 0 Å². The van der Waals surface area contributed by atoms with E-state index in [-0.39, 0.29) is 18.5 Å². The fourth-order valence-electron chi connectivity index (χ4n) is 9.96. The van der Waals surface area contributed by atoms with Gasteiger partial charge in [-0.15, -0.1) is 0 Å². The number of esters is 1. The number of carbonyl (C=O) groups excluding carboxylic acids is 2. The molecule has 0 fully saturated rings. The predicted octanol–water partition coefficient (Wildman–Crippen LogP) is 20.4. The van der Waals surface area contributed by atoms with Crippen LogP contribution in [-0.2, 0) is 14.3 Å². The van der Waals surface area contributed by atoms with Gasteiger partial charge < -0.3 is 20.3 Å². The average Bonchev–Trinajstić information content (AvgIpc) is 3.38. The van der Waals surface area contributed by atoms with Crippen molar-refractivity contribution >= 4 is 11.9 Å². The summed E-state index contributed by atoms with van der Waals surface area (Å²) in [7, 11) is 0. The Labute approximate surface area is 449 Å². The number of rotatable bonds is 60. The highest BCUT2D eigenvalue weighted by Crippen LogP contribution is 2.18. The van der Waals surface area contributed by atoms with Crippen LogP contribution in [0.3, 0.4) is 0 Å². The Balaban J connectivity index is 3.34. The second-order valence-electron chi connectivity index (χ2n) is 22.1. The van der Waals surface area contributed by atoms with Gasteiger partial charge in [0.25, 0.3) is 0 Å². The topological polar surface area (TPSA) is 95.9 Å². The van der Waals surface area contributed by atoms with Crippen molar-refractivity contribution in [2.45, 2.75) is 360 Å². The molecule has 72 heavy (non-hydrogen) atoms. The lowest BCUT2D eigenvalue weighted by molar-refractivity contribution is -0.143. The first-order chi connectivity index (χ1) is 35.5. The van der Waals surface area contributed by atoms with E-state index in [0.29, 0.717) is 25.9 Å². The largest absolute Gasteiger partial charge is 0.466 e. The molecule has 2 atom stereocenters. The monoisotopic (exact) mass is 1010 g/mol. The number of nitrogens with one attached hydrogen (secondary N) is 1. The Morgan fingerprint density at radius 3 is 1.10 bits per heavy atom.